The molecule has 20 heavy (non-hydrogen) atoms. The van der Waals surface area contributed by atoms with E-state index in [9.17, 15) is 4.79 Å². The number of nitrogens with one attached hydrogen (secondary N) is 2. The fourth-order valence-electron chi connectivity index (χ4n) is 2.19. The van der Waals surface area contributed by atoms with Crippen LogP contribution < -0.4 is 10.6 Å². The molecule has 1 fully saturated rings. The summed E-state index contributed by atoms with van der Waals surface area (Å²) in [5.74, 6) is 0.0919. The minimum atomic E-state index is 0.0919. The predicted molar refractivity (Wildman–Crippen MR) is 80.6 cm³/mol. The summed E-state index contributed by atoms with van der Waals surface area (Å²) in [4.78, 5) is 18.5. The monoisotopic (exact) mass is 288 g/mol. The topological polar surface area (TPSA) is 57.3 Å². The Balaban J connectivity index is 1.74. The lowest BCUT2D eigenvalue weighted by molar-refractivity contribution is 0.0736. The van der Waals surface area contributed by atoms with Gasteiger partial charge in [-0.2, -0.15) is 0 Å². The van der Waals surface area contributed by atoms with Crippen molar-refractivity contribution in [3.8, 4) is 0 Å². The molecule has 6 heteroatoms. The third kappa shape index (κ3) is 2.97. The highest BCUT2D eigenvalue weighted by Gasteiger charge is 2.17. The molecule has 0 atom stereocenters. The second kappa shape index (κ2) is 6.02. The lowest BCUT2D eigenvalue weighted by Gasteiger charge is -2.27. The Morgan fingerprint density at radius 3 is 2.95 bits per heavy atom. The zero-order chi connectivity index (χ0) is 13.8. The van der Waals surface area contributed by atoms with Crippen LogP contribution in [0.1, 0.15) is 10.4 Å². The Bertz CT molecular complexity index is 579. The van der Waals surface area contributed by atoms with Gasteiger partial charge in [-0.3, -0.25) is 4.79 Å². The average molecular weight is 288 g/mol. The molecular weight excluding hydrogens is 272 g/mol. The van der Waals surface area contributed by atoms with E-state index in [-0.39, 0.29) is 5.91 Å². The lowest BCUT2D eigenvalue weighted by atomic mass is 10.1. The normalized spacial score (nSPS) is 15.1. The maximum Gasteiger partial charge on any atom is 0.254 e. The van der Waals surface area contributed by atoms with Gasteiger partial charge in [-0.05, 0) is 18.2 Å². The number of amides is 1. The van der Waals surface area contributed by atoms with Crippen LogP contribution in [0.4, 0.5) is 10.8 Å². The molecule has 1 aliphatic rings. The van der Waals surface area contributed by atoms with Crippen molar-refractivity contribution in [1.29, 1.82) is 0 Å². The van der Waals surface area contributed by atoms with Crippen molar-refractivity contribution in [2.45, 2.75) is 0 Å². The van der Waals surface area contributed by atoms with Crippen molar-refractivity contribution in [2.24, 2.45) is 0 Å². The number of piperazine rings is 1. The van der Waals surface area contributed by atoms with Gasteiger partial charge in [-0.1, -0.05) is 6.07 Å². The zero-order valence-electron chi connectivity index (χ0n) is 11.0. The van der Waals surface area contributed by atoms with Crippen molar-refractivity contribution in [3.05, 3.63) is 41.4 Å². The quantitative estimate of drug-likeness (QED) is 0.906. The van der Waals surface area contributed by atoms with E-state index >= 15 is 0 Å². The molecule has 0 spiro atoms. The minimum Gasteiger partial charge on any atom is -0.336 e. The summed E-state index contributed by atoms with van der Waals surface area (Å²) in [6, 6.07) is 7.57. The summed E-state index contributed by atoms with van der Waals surface area (Å²) in [5.41, 5.74) is 1.61. The second-order valence-electron chi connectivity index (χ2n) is 4.59. The number of hydrogen-bond acceptors (Lipinski definition) is 5. The highest BCUT2D eigenvalue weighted by Crippen LogP contribution is 2.20. The lowest BCUT2D eigenvalue weighted by Crippen LogP contribution is -2.46. The molecule has 1 aromatic heterocycles. The third-order valence-electron chi connectivity index (χ3n) is 3.20. The number of hydrogen-bond donors (Lipinski definition) is 2. The van der Waals surface area contributed by atoms with E-state index in [1.165, 1.54) is 11.3 Å². The number of nitrogens with zero attached hydrogens (tertiary/aromatic N) is 2. The maximum absolute atomic E-state index is 12.4. The van der Waals surface area contributed by atoms with E-state index in [2.05, 4.69) is 15.6 Å². The molecule has 2 N–H and O–H groups in total. The Morgan fingerprint density at radius 1 is 1.35 bits per heavy atom. The molecule has 1 aromatic carbocycles. The Morgan fingerprint density at radius 2 is 2.20 bits per heavy atom. The molecule has 0 aliphatic carbocycles. The average Bonchev–Trinajstić information content (AvgIpc) is 3.01. The van der Waals surface area contributed by atoms with Crippen molar-refractivity contribution in [3.63, 3.8) is 0 Å². The number of carbonyl (C=O) groups is 1. The molecule has 1 amide bonds. The standard InChI is InChI=1S/C14H16N4OS/c19-13(18-7-4-15-5-8-18)11-2-1-3-12(10-11)17-14-16-6-9-20-14/h1-3,6,9-10,15H,4-5,7-8H2,(H,16,17). The van der Waals surface area contributed by atoms with Crippen LogP contribution in [0.15, 0.2) is 35.8 Å². The third-order valence-corrected chi connectivity index (χ3v) is 3.89. The number of carbonyl (C=O) groups excluding carboxylic acids is 1. The first-order valence-electron chi connectivity index (χ1n) is 6.59. The highest BCUT2D eigenvalue weighted by molar-refractivity contribution is 7.13. The molecule has 0 saturated carbocycles. The van der Waals surface area contributed by atoms with Gasteiger partial charge in [0.2, 0.25) is 0 Å². The van der Waals surface area contributed by atoms with Crippen LogP contribution >= 0.6 is 11.3 Å². The minimum absolute atomic E-state index is 0.0919. The highest BCUT2D eigenvalue weighted by atomic mass is 32.1. The van der Waals surface area contributed by atoms with Gasteiger partial charge < -0.3 is 15.5 Å². The van der Waals surface area contributed by atoms with Crippen molar-refractivity contribution < 1.29 is 4.79 Å². The molecule has 104 valence electrons. The van der Waals surface area contributed by atoms with E-state index in [1.807, 2.05) is 34.5 Å². The van der Waals surface area contributed by atoms with Crippen LogP contribution in [0.5, 0.6) is 0 Å². The Hall–Kier alpha value is -1.92. The molecule has 0 bridgehead atoms. The van der Waals surface area contributed by atoms with Crippen molar-refractivity contribution in [1.82, 2.24) is 15.2 Å². The van der Waals surface area contributed by atoms with E-state index < -0.39 is 0 Å². The largest absolute Gasteiger partial charge is 0.336 e. The molecule has 2 heterocycles. The molecule has 0 radical (unpaired) electrons. The fraction of sp³-hybridized carbons (Fsp3) is 0.286. The van der Waals surface area contributed by atoms with Crippen LogP contribution in [0.3, 0.4) is 0 Å². The van der Waals surface area contributed by atoms with Gasteiger partial charge in [-0.15, -0.1) is 11.3 Å². The summed E-state index contributed by atoms with van der Waals surface area (Å²) < 4.78 is 0. The molecule has 2 aromatic rings. The van der Waals surface area contributed by atoms with E-state index in [4.69, 9.17) is 0 Å². The molecule has 5 nitrogen and oxygen atoms in total. The first-order chi connectivity index (χ1) is 9.83. The van der Waals surface area contributed by atoms with E-state index in [0.29, 0.717) is 5.56 Å². The van der Waals surface area contributed by atoms with Gasteiger partial charge in [0.1, 0.15) is 0 Å². The van der Waals surface area contributed by atoms with Gasteiger partial charge >= 0.3 is 0 Å². The number of aromatic nitrogens is 1. The fourth-order valence-corrected chi connectivity index (χ4v) is 2.74. The summed E-state index contributed by atoms with van der Waals surface area (Å²) in [5, 5.41) is 9.20. The predicted octanol–water partition coefficient (Wildman–Crippen LogP) is 1.93. The van der Waals surface area contributed by atoms with Gasteiger partial charge in [0.25, 0.3) is 5.91 Å². The Labute approximate surface area is 121 Å². The van der Waals surface area contributed by atoms with Crippen LogP contribution in [-0.2, 0) is 0 Å². The number of anilines is 2. The zero-order valence-corrected chi connectivity index (χ0v) is 11.8. The van der Waals surface area contributed by atoms with Crippen LogP contribution in [0.25, 0.3) is 0 Å². The van der Waals surface area contributed by atoms with Crippen molar-refractivity contribution >= 4 is 28.1 Å². The molecule has 0 unspecified atom stereocenters. The summed E-state index contributed by atoms with van der Waals surface area (Å²) in [7, 11) is 0. The van der Waals surface area contributed by atoms with E-state index in [1.54, 1.807) is 6.20 Å². The smallest absolute Gasteiger partial charge is 0.254 e. The summed E-state index contributed by atoms with van der Waals surface area (Å²) >= 11 is 1.53. The van der Waals surface area contributed by atoms with Gasteiger partial charge in [0.05, 0.1) is 0 Å². The van der Waals surface area contributed by atoms with Crippen LogP contribution in [0.2, 0.25) is 0 Å². The number of rotatable bonds is 3. The molecule has 1 aliphatic heterocycles. The van der Waals surface area contributed by atoms with Gasteiger partial charge in [0.15, 0.2) is 5.13 Å². The molecule has 1 saturated heterocycles. The van der Waals surface area contributed by atoms with E-state index in [0.717, 1.165) is 37.0 Å². The van der Waals surface area contributed by atoms with Crippen LogP contribution in [0, 0.1) is 0 Å². The first-order valence-corrected chi connectivity index (χ1v) is 7.47. The SMILES string of the molecule is O=C(c1cccc(Nc2nccs2)c1)N1CCNCC1. The maximum atomic E-state index is 12.4. The van der Waals surface area contributed by atoms with Crippen molar-refractivity contribution in [2.75, 3.05) is 31.5 Å². The first kappa shape index (κ1) is 13.1. The number of benzene rings is 1. The summed E-state index contributed by atoms with van der Waals surface area (Å²) in [6.07, 6.45) is 1.75. The van der Waals surface area contributed by atoms with Gasteiger partial charge in [-0.25, -0.2) is 4.98 Å². The van der Waals surface area contributed by atoms with Gasteiger partial charge in [0, 0.05) is 49.0 Å². The number of thiazole rings is 1. The summed E-state index contributed by atoms with van der Waals surface area (Å²) in [6.45, 7) is 3.26. The molecular formula is C14H16N4OS. The molecule has 3 rings (SSSR count). The van der Waals surface area contributed by atoms with Crippen LogP contribution in [-0.4, -0.2) is 42.0 Å². The Kier molecular flexibility index (Phi) is 3.94. The second-order valence-corrected chi connectivity index (χ2v) is 5.48.